The summed E-state index contributed by atoms with van der Waals surface area (Å²) in [6.45, 7) is 1.91. The van der Waals surface area contributed by atoms with Gasteiger partial charge in [0.25, 0.3) is 0 Å². The minimum atomic E-state index is -0.958. The van der Waals surface area contributed by atoms with Gasteiger partial charge in [-0.15, -0.1) is 0 Å². The number of carboxylic acids is 1. The fraction of sp³-hybridized carbons (Fsp3) is 0.0833. The van der Waals surface area contributed by atoms with Crippen LogP contribution in [0.1, 0.15) is 15.9 Å². The zero-order valence-electron chi connectivity index (χ0n) is 8.71. The van der Waals surface area contributed by atoms with E-state index in [4.69, 9.17) is 5.11 Å². The normalized spacial score (nSPS) is 10.1. The summed E-state index contributed by atoms with van der Waals surface area (Å²) in [5.74, 6) is -0.958. The lowest BCUT2D eigenvalue weighted by Gasteiger charge is -2.05. The van der Waals surface area contributed by atoms with E-state index in [1.807, 2.05) is 6.92 Å². The molecule has 1 aromatic carbocycles. The van der Waals surface area contributed by atoms with Crippen molar-refractivity contribution in [3.05, 3.63) is 47.9 Å². The number of aromatic carboxylic acids is 1. The van der Waals surface area contributed by atoms with Gasteiger partial charge >= 0.3 is 5.97 Å². The molecule has 0 radical (unpaired) electrons. The van der Waals surface area contributed by atoms with E-state index in [1.54, 1.807) is 36.8 Å². The number of aromatic nitrogens is 2. The molecule has 0 bridgehead atoms. The van der Waals surface area contributed by atoms with Crippen LogP contribution in [0.2, 0.25) is 0 Å². The largest absolute Gasteiger partial charge is 0.478 e. The van der Waals surface area contributed by atoms with Gasteiger partial charge in [-0.2, -0.15) is 0 Å². The maximum atomic E-state index is 11.1. The average molecular weight is 214 g/mol. The molecule has 80 valence electrons. The number of nitrogens with zero attached hydrogens (tertiary/aromatic N) is 2. The molecule has 0 saturated carbocycles. The van der Waals surface area contributed by atoms with Crippen molar-refractivity contribution in [3.63, 3.8) is 0 Å². The molecular weight excluding hydrogens is 204 g/mol. The van der Waals surface area contributed by atoms with Crippen LogP contribution in [0.3, 0.4) is 0 Å². The van der Waals surface area contributed by atoms with E-state index < -0.39 is 5.97 Å². The van der Waals surface area contributed by atoms with Crippen LogP contribution in [0.4, 0.5) is 0 Å². The second-order valence-electron chi connectivity index (χ2n) is 3.44. The first-order valence-electron chi connectivity index (χ1n) is 4.79. The quantitative estimate of drug-likeness (QED) is 0.831. The molecule has 0 aliphatic rings. The van der Waals surface area contributed by atoms with Crippen molar-refractivity contribution in [1.29, 1.82) is 0 Å². The standard InChI is InChI=1S/C12H10N2O2/c1-8-2-3-9(12(15)16)10(6-8)11-7-13-4-5-14-11/h2-7H,1H3,(H,15,16). The Hall–Kier alpha value is -2.23. The molecule has 0 spiro atoms. The number of rotatable bonds is 2. The van der Waals surface area contributed by atoms with Gasteiger partial charge in [-0.1, -0.05) is 11.6 Å². The number of hydrogen-bond donors (Lipinski definition) is 1. The molecule has 1 heterocycles. The van der Waals surface area contributed by atoms with Crippen LogP contribution in [0, 0.1) is 6.92 Å². The van der Waals surface area contributed by atoms with Gasteiger partial charge in [-0.05, 0) is 19.1 Å². The van der Waals surface area contributed by atoms with Gasteiger partial charge in [0, 0.05) is 18.0 Å². The molecule has 1 N–H and O–H groups in total. The highest BCUT2D eigenvalue weighted by molar-refractivity contribution is 5.95. The highest BCUT2D eigenvalue weighted by atomic mass is 16.4. The summed E-state index contributed by atoms with van der Waals surface area (Å²) in [7, 11) is 0. The van der Waals surface area contributed by atoms with Crippen LogP contribution in [-0.4, -0.2) is 21.0 Å². The third-order valence-electron chi connectivity index (χ3n) is 2.24. The van der Waals surface area contributed by atoms with Gasteiger partial charge < -0.3 is 5.11 Å². The third-order valence-corrected chi connectivity index (χ3v) is 2.24. The predicted octanol–water partition coefficient (Wildman–Crippen LogP) is 2.15. The van der Waals surface area contributed by atoms with Gasteiger partial charge in [-0.3, -0.25) is 9.97 Å². The summed E-state index contributed by atoms with van der Waals surface area (Å²) in [6, 6.07) is 5.15. The Bertz CT molecular complexity index is 524. The first kappa shape index (κ1) is 10.3. The van der Waals surface area contributed by atoms with E-state index in [0.717, 1.165) is 5.56 Å². The summed E-state index contributed by atoms with van der Waals surface area (Å²) in [5.41, 5.74) is 2.40. The van der Waals surface area contributed by atoms with Crippen molar-refractivity contribution >= 4 is 5.97 Å². The van der Waals surface area contributed by atoms with E-state index in [0.29, 0.717) is 11.3 Å². The number of carboxylic acid groups (broad SMARTS) is 1. The summed E-state index contributed by atoms with van der Waals surface area (Å²) in [5, 5.41) is 9.07. The molecule has 4 nitrogen and oxygen atoms in total. The molecular formula is C12H10N2O2. The highest BCUT2D eigenvalue weighted by Crippen LogP contribution is 2.22. The fourth-order valence-corrected chi connectivity index (χ4v) is 1.49. The smallest absolute Gasteiger partial charge is 0.336 e. The average Bonchev–Trinajstić information content (AvgIpc) is 2.29. The lowest BCUT2D eigenvalue weighted by atomic mass is 10.0. The topological polar surface area (TPSA) is 63.1 Å². The van der Waals surface area contributed by atoms with Crippen molar-refractivity contribution in [2.75, 3.05) is 0 Å². The minimum Gasteiger partial charge on any atom is -0.478 e. The molecule has 2 aromatic rings. The lowest BCUT2D eigenvalue weighted by Crippen LogP contribution is -2.00. The maximum Gasteiger partial charge on any atom is 0.336 e. The lowest BCUT2D eigenvalue weighted by molar-refractivity contribution is 0.0697. The molecule has 0 aliphatic heterocycles. The van der Waals surface area contributed by atoms with E-state index in [-0.39, 0.29) is 5.56 Å². The minimum absolute atomic E-state index is 0.242. The Morgan fingerprint density at radius 2 is 2.12 bits per heavy atom. The summed E-state index contributed by atoms with van der Waals surface area (Å²) < 4.78 is 0. The number of aryl methyl sites for hydroxylation is 1. The second-order valence-corrected chi connectivity index (χ2v) is 3.44. The summed E-state index contributed by atoms with van der Waals surface area (Å²) >= 11 is 0. The zero-order chi connectivity index (χ0) is 11.5. The zero-order valence-corrected chi connectivity index (χ0v) is 8.71. The van der Waals surface area contributed by atoms with Gasteiger partial charge in [0.1, 0.15) is 0 Å². The fourth-order valence-electron chi connectivity index (χ4n) is 1.49. The van der Waals surface area contributed by atoms with Gasteiger partial charge in [-0.25, -0.2) is 4.79 Å². The van der Waals surface area contributed by atoms with E-state index in [1.165, 1.54) is 0 Å². The van der Waals surface area contributed by atoms with Crippen LogP contribution in [0.15, 0.2) is 36.8 Å². The van der Waals surface area contributed by atoms with Crippen molar-refractivity contribution in [2.45, 2.75) is 6.92 Å². The van der Waals surface area contributed by atoms with Crippen molar-refractivity contribution in [2.24, 2.45) is 0 Å². The molecule has 2 rings (SSSR count). The Balaban J connectivity index is 2.63. The van der Waals surface area contributed by atoms with E-state index >= 15 is 0 Å². The highest BCUT2D eigenvalue weighted by Gasteiger charge is 2.12. The van der Waals surface area contributed by atoms with Crippen molar-refractivity contribution < 1.29 is 9.90 Å². The van der Waals surface area contributed by atoms with Crippen molar-refractivity contribution in [3.8, 4) is 11.3 Å². The molecule has 1 aromatic heterocycles. The third kappa shape index (κ3) is 1.91. The Morgan fingerprint density at radius 1 is 1.31 bits per heavy atom. The van der Waals surface area contributed by atoms with E-state index in [2.05, 4.69) is 9.97 Å². The molecule has 0 fully saturated rings. The van der Waals surface area contributed by atoms with Crippen LogP contribution >= 0.6 is 0 Å². The monoisotopic (exact) mass is 214 g/mol. The maximum absolute atomic E-state index is 11.1. The Labute approximate surface area is 92.6 Å². The molecule has 0 amide bonds. The molecule has 0 aliphatic carbocycles. The number of hydrogen-bond acceptors (Lipinski definition) is 3. The Kier molecular flexibility index (Phi) is 2.64. The molecule has 0 unspecified atom stereocenters. The molecule has 0 atom stereocenters. The number of carbonyl (C=O) groups is 1. The van der Waals surface area contributed by atoms with Crippen LogP contribution in [0.5, 0.6) is 0 Å². The van der Waals surface area contributed by atoms with Crippen molar-refractivity contribution in [1.82, 2.24) is 9.97 Å². The Morgan fingerprint density at radius 3 is 2.75 bits per heavy atom. The number of benzene rings is 1. The summed E-state index contributed by atoms with van der Waals surface area (Å²) in [4.78, 5) is 19.1. The van der Waals surface area contributed by atoms with Crippen LogP contribution < -0.4 is 0 Å². The van der Waals surface area contributed by atoms with Crippen LogP contribution in [-0.2, 0) is 0 Å². The summed E-state index contributed by atoms with van der Waals surface area (Å²) in [6.07, 6.45) is 4.66. The van der Waals surface area contributed by atoms with Crippen LogP contribution in [0.25, 0.3) is 11.3 Å². The van der Waals surface area contributed by atoms with Gasteiger partial charge in [0.05, 0.1) is 17.5 Å². The first-order chi connectivity index (χ1) is 7.68. The molecule has 4 heteroatoms. The predicted molar refractivity (Wildman–Crippen MR) is 59.2 cm³/mol. The van der Waals surface area contributed by atoms with E-state index in [9.17, 15) is 4.79 Å². The van der Waals surface area contributed by atoms with Gasteiger partial charge in [0.15, 0.2) is 0 Å². The molecule has 0 saturated heterocycles. The van der Waals surface area contributed by atoms with Gasteiger partial charge in [0.2, 0.25) is 0 Å². The SMILES string of the molecule is Cc1ccc(C(=O)O)c(-c2cnccn2)c1. The second kappa shape index (κ2) is 4.10. The molecule has 16 heavy (non-hydrogen) atoms. The first-order valence-corrected chi connectivity index (χ1v) is 4.79.